The molecule has 758 valence electrons. The highest BCUT2D eigenvalue weighted by Crippen LogP contribution is 2.41. The summed E-state index contributed by atoms with van der Waals surface area (Å²) in [6.07, 6.45) is 12.1. The number of anilines is 3. The standard InChI is InChI=1S/C22H22ClNO4.C22H23NO2.C17H17Cl2NO2.C17H23ClO.C16H14ClNO.C16H17NO.C12H15ClO/c1-13(2)28-21(25)12-18-14(3)24(20-10-9-17(27-4)11-19(18)20)22(26)15-5-7-16(23)8-6-15;1-15(2)22-16(3)23(20-12-11-18(25-4)14-19(20)22)21(24)13-10-17-8-6-5-7-9-17;1-11(2)22-16(21)10-12-6-3-4-9-15(12)20-17-13(18)7-5-8-14(17)19;1-12(2)10-17(19)14-8-9-15(16(18)11-14)13-6-4-3-5-7-13;1-10(2)12-5-8-15-14(9-12)18-16(19-15)11-3-6-13(17)7-4-11;1-11(2)13-9-6-10-14(15(13)17)16(18)12-7-4-3-5-8-12;1-4-7-14-12-6-5-10(9(2)3)8-11(12)13/h5-11,13H,12H2,1-4H3;5-15H,1-4H3;3-9,11,20H,10H2,1-2H3;8-9,11-13H,3-7,10H2,1-2H3;3-10H,1-2H3;3-11H,17H2,1-2H3;4-6,8-9H,1,7H2,2-3H3. The van der Waals surface area contributed by atoms with Crippen LogP contribution < -0.4 is 25.3 Å². The number of Topliss-reactive ketones (excluding diaryl/α,β-unsaturated/α-hetero) is 1. The predicted molar refractivity (Wildman–Crippen MR) is 600 cm³/mol. The summed E-state index contributed by atoms with van der Waals surface area (Å²) < 4.78 is 35.7. The summed E-state index contributed by atoms with van der Waals surface area (Å²) >= 11 is 36.6. The van der Waals surface area contributed by atoms with E-state index >= 15 is 0 Å². The molecule has 1 aliphatic rings. The Morgan fingerprint density at radius 2 is 1.08 bits per heavy atom. The topological polar surface area (TPSA) is 223 Å². The zero-order valence-electron chi connectivity index (χ0n) is 85.8. The van der Waals surface area contributed by atoms with Crippen molar-refractivity contribution in [2.45, 2.75) is 204 Å². The SMILES string of the molecule is C=CCOc1ccc(C(C)C)cc1Cl.CC(C)CC(=O)c1ccc(C2CCCCC2)c(Cl)c1.CC(C)OC(=O)Cc1ccccc1Nc1c(Cl)cccc1Cl.CC(C)c1ccc2oc(-c3ccc(Cl)cc3)nc2c1.CC(C)c1cccc(C(=O)c2ccccc2)c1N.COc1ccc2c(c1)c(C(C)C)c(C)n2C(=O)C=Cc1ccccc1.COc1ccc2c(c1)c(CC(=O)OC(C)C)c(C)n2C(=O)c1ccc(Cl)cc1. The van der Waals surface area contributed by atoms with Crippen molar-refractivity contribution in [3.05, 3.63) is 388 Å². The lowest BCUT2D eigenvalue weighted by molar-refractivity contribution is -0.147. The fourth-order valence-electron chi connectivity index (χ4n) is 16.7. The molecule has 0 atom stereocenters. The number of nitrogens with one attached hydrogen (secondary N) is 1. The van der Waals surface area contributed by atoms with E-state index < -0.39 is 0 Å². The lowest BCUT2D eigenvalue weighted by Crippen LogP contribution is -2.16. The van der Waals surface area contributed by atoms with Crippen molar-refractivity contribution in [3.63, 3.8) is 0 Å². The molecule has 1 fully saturated rings. The first-order valence-corrected chi connectivity index (χ1v) is 51.2. The summed E-state index contributed by atoms with van der Waals surface area (Å²) in [5.74, 6) is 4.76. The molecule has 23 heteroatoms. The average Bonchev–Trinajstić information content (AvgIpc) is 1.60. The number of ketones is 2. The second-order valence-corrected chi connectivity index (χ2v) is 40.0. The third-order valence-corrected chi connectivity index (χ3v) is 25.9. The molecule has 17 nitrogen and oxygen atoms in total. The van der Waals surface area contributed by atoms with Gasteiger partial charge < -0.3 is 39.2 Å². The molecule has 3 heterocycles. The number of rotatable bonds is 27. The quantitative estimate of drug-likeness (QED) is 0.0161. The Hall–Kier alpha value is -13.0. The highest BCUT2D eigenvalue weighted by molar-refractivity contribution is 6.39. The van der Waals surface area contributed by atoms with Crippen molar-refractivity contribution in [1.29, 1.82) is 0 Å². The van der Waals surface area contributed by atoms with Crippen molar-refractivity contribution in [3.8, 4) is 28.7 Å². The molecule has 12 aromatic carbocycles. The zero-order chi connectivity index (χ0) is 105. The van der Waals surface area contributed by atoms with Crippen molar-refractivity contribution in [1.82, 2.24) is 14.1 Å². The van der Waals surface area contributed by atoms with Gasteiger partial charge in [-0.25, -0.2) is 4.98 Å². The number of aromatic nitrogens is 3. The zero-order valence-corrected chi connectivity index (χ0v) is 90.4. The van der Waals surface area contributed by atoms with E-state index in [1.165, 1.54) is 54.4 Å². The number of nitrogens with two attached hydrogens (primary N) is 1. The first-order chi connectivity index (χ1) is 69.3. The first kappa shape index (κ1) is 114. The van der Waals surface area contributed by atoms with Gasteiger partial charge in [0.05, 0.1) is 71.1 Å². The Morgan fingerprint density at radius 1 is 0.517 bits per heavy atom. The number of carbonyl (C=O) groups excluding carboxylic acids is 6. The highest BCUT2D eigenvalue weighted by atomic mass is 35.5. The van der Waals surface area contributed by atoms with Gasteiger partial charge in [-0.2, -0.15) is 0 Å². The van der Waals surface area contributed by atoms with Crippen LogP contribution in [0.1, 0.15) is 262 Å². The minimum Gasteiger partial charge on any atom is -0.497 e. The molecule has 0 aliphatic heterocycles. The Labute approximate surface area is 883 Å². The van der Waals surface area contributed by atoms with E-state index in [0.29, 0.717) is 125 Å². The molecule has 16 rings (SSSR count). The van der Waals surface area contributed by atoms with E-state index in [1.54, 1.807) is 104 Å². The molecule has 0 radical (unpaired) electrons. The summed E-state index contributed by atoms with van der Waals surface area (Å²) in [6.45, 7) is 36.4. The number of halogens is 6. The molecular weight excluding hydrogens is 1940 g/mol. The number of ether oxygens (including phenoxy) is 5. The molecule has 1 saturated carbocycles. The molecule has 3 N–H and O–H groups in total. The molecular formula is C122H131Cl6N5O12. The Morgan fingerprint density at radius 3 is 1.65 bits per heavy atom. The summed E-state index contributed by atoms with van der Waals surface area (Å²) in [6, 6.07) is 81.0. The van der Waals surface area contributed by atoms with Crippen LogP contribution in [-0.4, -0.2) is 82.5 Å². The van der Waals surface area contributed by atoms with Gasteiger partial charge in [0, 0.05) is 88.9 Å². The molecule has 145 heavy (non-hydrogen) atoms. The maximum atomic E-state index is 13.2. The lowest BCUT2D eigenvalue weighted by atomic mass is 9.83. The number of nitrogens with zero attached hydrogens (tertiary/aromatic N) is 3. The van der Waals surface area contributed by atoms with Gasteiger partial charge in [-0.05, 0) is 280 Å². The fraction of sp³-hybridized carbons (Fsp3) is 0.287. The number of para-hydroxylation sites is 3. The summed E-state index contributed by atoms with van der Waals surface area (Å²) in [5, 5.41) is 8.82. The van der Waals surface area contributed by atoms with Crippen LogP contribution in [0.2, 0.25) is 30.1 Å². The van der Waals surface area contributed by atoms with Gasteiger partial charge in [-0.15, -0.1) is 0 Å². The minimum atomic E-state index is -0.334. The summed E-state index contributed by atoms with van der Waals surface area (Å²) in [5.41, 5.74) is 25.1. The van der Waals surface area contributed by atoms with E-state index in [2.05, 4.69) is 104 Å². The van der Waals surface area contributed by atoms with Crippen LogP contribution in [0.25, 0.3) is 50.4 Å². The number of methoxy groups -OCH3 is 2. The predicted octanol–water partition coefficient (Wildman–Crippen LogP) is 34.0. The number of hydrogen-bond acceptors (Lipinski definition) is 15. The van der Waals surface area contributed by atoms with Gasteiger partial charge in [-0.3, -0.25) is 37.9 Å². The van der Waals surface area contributed by atoms with E-state index in [-0.39, 0.29) is 60.4 Å². The van der Waals surface area contributed by atoms with Crippen LogP contribution in [0.15, 0.2) is 284 Å². The maximum absolute atomic E-state index is 13.2. The van der Waals surface area contributed by atoms with E-state index in [1.807, 2.05) is 222 Å². The van der Waals surface area contributed by atoms with Crippen LogP contribution in [-0.2, 0) is 31.9 Å². The van der Waals surface area contributed by atoms with Gasteiger partial charge in [-0.1, -0.05) is 292 Å². The molecule has 0 bridgehead atoms. The van der Waals surface area contributed by atoms with Crippen molar-refractivity contribution >= 4 is 161 Å². The number of carbonyl (C=O) groups is 6. The first-order valence-electron chi connectivity index (χ1n) is 48.9. The molecule has 15 aromatic rings. The molecule has 1 aliphatic carbocycles. The number of hydrogen-bond donors (Lipinski definition) is 2. The van der Waals surface area contributed by atoms with Crippen LogP contribution in [0, 0.1) is 19.8 Å². The van der Waals surface area contributed by atoms with Crippen LogP contribution in [0.5, 0.6) is 17.2 Å². The smallest absolute Gasteiger partial charge is 0.310 e. The van der Waals surface area contributed by atoms with Gasteiger partial charge in [0.2, 0.25) is 5.89 Å². The fourth-order valence-corrected chi connectivity index (χ4v) is 18.1. The summed E-state index contributed by atoms with van der Waals surface area (Å²) in [7, 11) is 3.24. The average molecular weight is 2070 g/mol. The third-order valence-electron chi connectivity index (χ3n) is 24.1. The Bertz CT molecular complexity index is 6930. The normalized spacial score (nSPS) is 11.7. The second-order valence-electron chi connectivity index (χ2n) is 37.5. The van der Waals surface area contributed by atoms with Gasteiger partial charge in [0.1, 0.15) is 29.4 Å². The molecule has 3 aromatic heterocycles. The van der Waals surface area contributed by atoms with Crippen LogP contribution in [0.3, 0.4) is 0 Å². The van der Waals surface area contributed by atoms with Gasteiger partial charge >= 0.3 is 11.9 Å². The van der Waals surface area contributed by atoms with Gasteiger partial charge in [0.25, 0.3) is 11.8 Å². The number of benzene rings is 12. The third kappa shape index (κ3) is 32.3. The number of oxazole rings is 1. The molecule has 0 amide bonds. The lowest BCUT2D eigenvalue weighted by Gasteiger charge is -2.23. The summed E-state index contributed by atoms with van der Waals surface area (Å²) in [4.78, 5) is 79.2. The van der Waals surface area contributed by atoms with E-state index in [9.17, 15) is 28.8 Å². The molecule has 0 saturated heterocycles. The molecule has 0 unspecified atom stereocenters. The maximum Gasteiger partial charge on any atom is 0.310 e. The van der Waals surface area contributed by atoms with Crippen LogP contribution in [0.4, 0.5) is 17.1 Å². The van der Waals surface area contributed by atoms with Crippen molar-refractivity contribution in [2.24, 2.45) is 5.92 Å². The number of esters is 2. The number of nitrogen functional groups attached to an aromatic ring is 1. The van der Waals surface area contributed by atoms with E-state index in [0.717, 1.165) is 88.7 Å². The Kier molecular flexibility index (Phi) is 43.5. The number of fused-ring (bicyclic) bond motifs is 3. The minimum absolute atomic E-state index is 0.0180. The van der Waals surface area contributed by atoms with Crippen molar-refractivity contribution in [2.75, 3.05) is 31.9 Å². The molecule has 0 spiro atoms. The van der Waals surface area contributed by atoms with Crippen molar-refractivity contribution < 1.29 is 56.9 Å². The monoisotopic (exact) mass is 2070 g/mol. The Balaban J connectivity index is 0.000000175. The second kappa shape index (κ2) is 55.4. The number of allylic oxidation sites excluding steroid dienone is 1. The van der Waals surface area contributed by atoms with E-state index in [4.69, 9.17) is 103 Å². The highest BCUT2D eigenvalue weighted by Gasteiger charge is 2.27. The van der Waals surface area contributed by atoms with Crippen LogP contribution >= 0.6 is 69.6 Å². The largest absolute Gasteiger partial charge is 0.497 e. The van der Waals surface area contributed by atoms with Gasteiger partial charge in [0.15, 0.2) is 17.1 Å².